The summed E-state index contributed by atoms with van der Waals surface area (Å²) in [4.78, 5) is 27.3. The number of thiophene rings is 1. The molecule has 7 heteroatoms. The molecule has 1 N–H and O–H groups in total. The average Bonchev–Trinajstić information content (AvgIpc) is 3.34. The van der Waals surface area contributed by atoms with Crippen LogP contribution in [0.15, 0.2) is 35.4 Å². The van der Waals surface area contributed by atoms with Gasteiger partial charge >= 0.3 is 5.97 Å². The van der Waals surface area contributed by atoms with E-state index in [1.807, 2.05) is 25.4 Å². The minimum absolute atomic E-state index is 0.108. The van der Waals surface area contributed by atoms with E-state index in [2.05, 4.69) is 22.0 Å². The summed E-state index contributed by atoms with van der Waals surface area (Å²) in [6.07, 6.45) is 4.94. The Morgan fingerprint density at radius 3 is 2.93 bits per heavy atom. The number of aromatic nitrogens is 1. The van der Waals surface area contributed by atoms with E-state index in [4.69, 9.17) is 4.74 Å². The number of hydrogen-bond acceptors (Lipinski definition) is 5. The second kappa shape index (κ2) is 8.01. The molecule has 1 aromatic carbocycles. The number of carbonyl (C=O) groups excluding carboxylic acids is 2. The van der Waals surface area contributed by atoms with Crippen LogP contribution in [0.2, 0.25) is 0 Å². The molecule has 28 heavy (non-hydrogen) atoms. The van der Waals surface area contributed by atoms with E-state index in [-0.39, 0.29) is 11.9 Å². The minimum Gasteiger partial charge on any atom is -0.462 e. The van der Waals surface area contributed by atoms with Crippen molar-refractivity contribution in [3.63, 3.8) is 0 Å². The highest BCUT2D eigenvalue weighted by Crippen LogP contribution is 2.39. The van der Waals surface area contributed by atoms with Gasteiger partial charge in [-0.3, -0.25) is 4.79 Å². The van der Waals surface area contributed by atoms with Crippen molar-refractivity contribution in [1.29, 1.82) is 0 Å². The third-order valence-corrected chi connectivity index (χ3v) is 7.12. The number of carbonyl (C=O) groups is 2. The van der Waals surface area contributed by atoms with Gasteiger partial charge < -0.3 is 14.6 Å². The highest BCUT2D eigenvalue weighted by Gasteiger charge is 2.28. The number of benzene rings is 1. The molecule has 0 saturated carbocycles. The van der Waals surface area contributed by atoms with Crippen LogP contribution in [-0.2, 0) is 29.4 Å². The van der Waals surface area contributed by atoms with Crippen molar-refractivity contribution in [2.75, 3.05) is 17.7 Å². The number of rotatable bonds is 6. The predicted molar refractivity (Wildman–Crippen MR) is 115 cm³/mol. The Hall–Kier alpha value is -2.25. The van der Waals surface area contributed by atoms with Crippen molar-refractivity contribution in [3.8, 4) is 0 Å². The van der Waals surface area contributed by atoms with Gasteiger partial charge in [-0.05, 0) is 37.8 Å². The molecule has 0 bridgehead atoms. The van der Waals surface area contributed by atoms with E-state index in [1.165, 1.54) is 28.0 Å². The van der Waals surface area contributed by atoms with Crippen LogP contribution in [-0.4, -0.2) is 28.8 Å². The zero-order chi connectivity index (χ0) is 19.7. The number of hydrogen-bond donors (Lipinski definition) is 1. The van der Waals surface area contributed by atoms with Gasteiger partial charge in [-0.25, -0.2) is 4.79 Å². The molecule has 1 aliphatic carbocycles. The Balaban J connectivity index is 1.49. The largest absolute Gasteiger partial charge is 0.462 e. The fourth-order valence-electron chi connectivity index (χ4n) is 3.64. The lowest BCUT2D eigenvalue weighted by Gasteiger charge is -2.08. The van der Waals surface area contributed by atoms with E-state index in [1.54, 1.807) is 6.92 Å². The highest BCUT2D eigenvalue weighted by atomic mass is 32.2. The third kappa shape index (κ3) is 3.56. The molecule has 0 atom stereocenters. The quantitative estimate of drug-likeness (QED) is 0.472. The summed E-state index contributed by atoms with van der Waals surface area (Å²) in [6, 6.07) is 8.15. The van der Waals surface area contributed by atoms with Crippen LogP contribution in [0.1, 0.15) is 34.1 Å². The van der Waals surface area contributed by atoms with E-state index >= 15 is 0 Å². The zero-order valence-electron chi connectivity index (χ0n) is 15.9. The Kier molecular flexibility index (Phi) is 5.46. The van der Waals surface area contributed by atoms with Crippen LogP contribution in [0.3, 0.4) is 0 Å². The standard InChI is InChI=1S/C21H22N2O3S2/c1-3-26-21(25)19-14-8-6-10-16(14)28-20(19)22-18(24)12-27-17-11-23(2)15-9-5-4-7-13(15)17/h4-5,7,9,11H,3,6,8,10,12H2,1-2H3,(H,22,24). The molecule has 146 valence electrons. The molecule has 0 fully saturated rings. The highest BCUT2D eigenvalue weighted by molar-refractivity contribution is 8.00. The number of para-hydroxylation sites is 1. The second-order valence-corrected chi connectivity index (χ2v) is 8.86. The second-order valence-electron chi connectivity index (χ2n) is 6.74. The number of anilines is 1. The van der Waals surface area contributed by atoms with Crippen molar-refractivity contribution < 1.29 is 14.3 Å². The van der Waals surface area contributed by atoms with Gasteiger partial charge in [0.1, 0.15) is 5.00 Å². The van der Waals surface area contributed by atoms with Gasteiger partial charge in [-0.1, -0.05) is 18.2 Å². The van der Waals surface area contributed by atoms with Crippen molar-refractivity contribution >= 4 is 50.9 Å². The topological polar surface area (TPSA) is 60.3 Å². The normalized spacial score (nSPS) is 12.9. The first-order chi connectivity index (χ1) is 13.6. The van der Waals surface area contributed by atoms with Gasteiger partial charge in [-0.2, -0.15) is 0 Å². The maximum absolute atomic E-state index is 12.6. The summed E-state index contributed by atoms with van der Waals surface area (Å²) >= 11 is 3.02. The number of aryl methyl sites for hydroxylation is 2. The lowest BCUT2D eigenvalue weighted by Crippen LogP contribution is -2.16. The molecular formula is C21H22N2O3S2. The molecule has 2 heterocycles. The summed E-state index contributed by atoms with van der Waals surface area (Å²) in [6.45, 7) is 2.12. The molecule has 4 rings (SSSR count). The molecule has 0 unspecified atom stereocenters. The summed E-state index contributed by atoms with van der Waals surface area (Å²) in [5.41, 5.74) is 2.76. The van der Waals surface area contributed by atoms with Crippen molar-refractivity contribution in [2.24, 2.45) is 7.05 Å². The Morgan fingerprint density at radius 2 is 2.11 bits per heavy atom. The van der Waals surface area contributed by atoms with E-state index in [0.717, 1.165) is 40.6 Å². The number of nitrogens with one attached hydrogen (secondary N) is 1. The van der Waals surface area contributed by atoms with Crippen molar-refractivity contribution in [2.45, 2.75) is 31.1 Å². The summed E-state index contributed by atoms with van der Waals surface area (Å²) in [5, 5.41) is 4.73. The summed E-state index contributed by atoms with van der Waals surface area (Å²) in [7, 11) is 2.01. The van der Waals surface area contributed by atoms with Crippen LogP contribution in [0.4, 0.5) is 5.00 Å². The molecule has 0 aliphatic heterocycles. The smallest absolute Gasteiger partial charge is 0.341 e. The monoisotopic (exact) mass is 414 g/mol. The molecule has 1 amide bonds. The maximum atomic E-state index is 12.6. The number of thioether (sulfide) groups is 1. The molecule has 0 saturated heterocycles. The van der Waals surface area contributed by atoms with Crippen LogP contribution in [0.5, 0.6) is 0 Å². The van der Waals surface area contributed by atoms with Crippen molar-refractivity contribution in [3.05, 3.63) is 46.5 Å². The van der Waals surface area contributed by atoms with Gasteiger partial charge in [0.2, 0.25) is 5.91 Å². The Labute approximate surface area is 172 Å². The van der Waals surface area contributed by atoms with Crippen LogP contribution < -0.4 is 5.32 Å². The van der Waals surface area contributed by atoms with Crippen LogP contribution >= 0.6 is 23.1 Å². The fourth-order valence-corrected chi connectivity index (χ4v) is 5.85. The lowest BCUT2D eigenvalue weighted by atomic mass is 10.1. The van der Waals surface area contributed by atoms with Crippen LogP contribution in [0.25, 0.3) is 10.9 Å². The first kappa shape index (κ1) is 19.1. The lowest BCUT2D eigenvalue weighted by molar-refractivity contribution is -0.113. The fraction of sp³-hybridized carbons (Fsp3) is 0.333. The van der Waals surface area contributed by atoms with E-state index < -0.39 is 0 Å². The molecule has 2 aromatic heterocycles. The van der Waals surface area contributed by atoms with Gasteiger partial charge in [0.25, 0.3) is 0 Å². The summed E-state index contributed by atoms with van der Waals surface area (Å²) in [5.74, 6) is -0.152. The molecule has 0 spiro atoms. The maximum Gasteiger partial charge on any atom is 0.341 e. The summed E-state index contributed by atoms with van der Waals surface area (Å²) < 4.78 is 7.29. The Bertz CT molecular complexity index is 1050. The first-order valence-corrected chi connectivity index (χ1v) is 11.2. The van der Waals surface area contributed by atoms with E-state index in [9.17, 15) is 9.59 Å². The van der Waals surface area contributed by atoms with Gasteiger partial charge in [0.05, 0.1) is 17.9 Å². The average molecular weight is 415 g/mol. The van der Waals surface area contributed by atoms with E-state index in [0.29, 0.717) is 22.9 Å². The predicted octanol–water partition coefficient (Wildman–Crippen LogP) is 4.64. The SMILES string of the molecule is CCOC(=O)c1c(NC(=O)CSc2cn(C)c3ccccc23)sc2c1CCC2. The van der Waals surface area contributed by atoms with Crippen LogP contribution in [0, 0.1) is 0 Å². The molecule has 5 nitrogen and oxygen atoms in total. The van der Waals surface area contributed by atoms with Crippen molar-refractivity contribution in [1.82, 2.24) is 4.57 Å². The zero-order valence-corrected chi connectivity index (χ0v) is 17.5. The first-order valence-electron chi connectivity index (χ1n) is 9.36. The number of fused-ring (bicyclic) bond motifs is 2. The Morgan fingerprint density at radius 1 is 1.29 bits per heavy atom. The van der Waals surface area contributed by atoms with Gasteiger partial charge in [0.15, 0.2) is 0 Å². The minimum atomic E-state index is -0.334. The molecule has 0 radical (unpaired) electrons. The van der Waals surface area contributed by atoms with Gasteiger partial charge in [-0.15, -0.1) is 23.1 Å². The third-order valence-electron chi connectivity index (χ3n) is 4.87. The number of nitrogens with zero attached hydrogens (tertiary/aromatic N) is 1. The van der Waals surface area contributed by atoms with Gasteiger partial charge in [0, 0.05) is 33.9 Å². The molecular weight excluding hydrogens is 392 g/mol. The molecule has 1 aliphatic rings. The number of esters is 1. The number of amides is 1. The molecule has 3 aromatic rings. The number of ether oxygens (including phenoxy) is 1.